The summed E-state index contributed by atoms with van der Waals surface area (Å²) in [6.45, 7) is 3.24. The molecule has 0 aliphatic rings. The van der Waals surface area contributed by atoms with Crippen molar-refractivity contribution in [1.29, 1.82) is 0 Å². The highest BCUT2D eigenvalue weighted by molar-refractivity contribution is 8.13. The van der Waals surface area contributed by atoms with Crippen molar-refractivity contribution < 1.29 is 29.7 Å². The minimum atomic E-state index is -1.17. The number of hydrogen-bond acceptors (Lipinski definition) is 6. The maximum atomic E-state index is 13.0. The van der Waals surface area contributed by atoms with E-state index in [4.69, 9.17) is 0 Å². The number of nitrogens with one attached hydrogen (secondary N) is 1. The number of rotatable bonds is 9. The molecule has 0 radical (unpaired) electrons. The minimum Gasteiger partial charge on any atom is -0.508 e. The summed E-state index contributed by atoms with van der Waals surface area (Å²) in [7, 11) is 0. The summed E-state index contributed by atoms with van der Waals surface area (Å²) in [5.41, 5.74) is 1.45. The van der Waals surface area contributed by atoms with Crippen molar-refractivity contribution in [2.45, 2.75) is 32.2 Å². The third kappa shape index (κ3) is 6.81. The van der Waals surface area contributed by atoms with E-state index in [0.717, 1.165) is 17.3 Å². The van der Waals surface area contributed by atoms with Crippen LogP contribution in [-0.2, 0) is 20.8 Å². The maximum absolute atomic E-state index is 13.0. The van der Waals surface area contributed by atoms with Gasteiger partial charge in [-0.1, -0.05) is 43.0 Å². The third-order valence-electron chi connectivity index (χ3n) is 4.82. The summed E-state index contributed by atoms with van der Waals surface area (Å²) >= 11 is 1.01. The van der Waals surface area contributed by atoms with E-state index in [1.165, 1.54) is 31.2 Å². The Morgan fingerprint density at radius 2 is 1.50 bits per heavy atom. The van der Waals surface area contributed by atoms with Crippen molar-refractivity contribution in [3.8, 4) is 11.5 Å². The molecule has 0 aromatic heterocycles. The van der Waals surface area contributed by atoms with E-state index < -0.39 is 23.8 Å². The van der Waals surface area contributed by atoms with Crippen LogP contribution in [0.4, 0.5) is 0 Å². The lowest BCUT2D eigenvalue weighted by Gasteiger charge is -2.25. The van der Waals surface area contributed by atoms with Crippen molar-refractivity contribution >= 4 is 28.8 Å². The molecule has 0 spiro atoms. The van der Waals surface area contributed by atoms with Gasteiger partial charge in [-0.3, -0.25) is 9.59 Å². The number of benzene rings is 2. The van der Waals surface area contributed by atoms with Gasteiger partial charge in [-0.05, 0) is 41.3 Å². The number of aliphatic carboxylic acids is 1. The fourth-order valence-electron chi connectivity index (χ4n) is 3.01. The van der Waals surface area contributed by atoms with Gasteiger partial charge in [-0.2, -0.15) is 0 Å². The third-order valence-corrected chi connectivity index (χ3v) is 5.75. The summed E-state index contributed by atoms with van der Waals surface area (Å²) < 4.78 is 0. The molecule has 4 N–H and O–H groups in total. The Morgan fingerprint density at radius 1 is 0.967 bits per heavy atom. The van der Waals surface area contributed by atoms with Crippen LogP contribution in [-0.4, -0.2) is 44.1 Å². The van der Waals surface area contributed by atoms with E-state index in [1.807, 2.05) is 6.92 Å². The van der Waals surface area contributed by atoms with Gasteiger partial charge < -0.3 is 20.6 Å². The second-order valence-corrected chi connectivity index (χ2v) is 8.26. The zero-order chi connectivity index (χ0) is 22.3. The van der Waals surface area contributed by atoms with E-state index in [0.29, 0.717) is 5.56 Å². The zero-order valence-corrected chi connectivity index (χ0v) is 17.6. The van der Waals surface area contributed by atoms with E-state index in [2.05, 4.69) is 5.32 Å². The average Bonchev–Trinajstić information content (AvgIpc) is 2.69. The number of hydrogen-bond donors (Lipinski definition) is 4. The summed E-state index contributed by atoms with van der Waals surface area (Å²) in [6.07, 6.45) is 0.0571. The van der Waals surface area contributed by atoms with Gasteiger partial charge in [0.2, 0.25) is 5.91 Å². The van der Waals surface area contributed by atoms with Gasteiger partial charge in [0.05, 0.1) is 5.92 Å². The molecule has 8 heteroatoms. The first kappa shape index (κ1) is 23.3. The molecule has 30 heavy (non-hydrogen) atoms. The zero-order valence-electron chi connectivity index (χ0n) is 16.7. The number of carbonyl (C=O) groups is 3. The van der Waals surface area contributed by atoms with Crippen LogP contribution in [0.15, 0.2) is 48.5 Å². The molecule has 0 aliphatic heterocycles. The van der Waals surface area contributed by atoms with E-state index >= 15 is 0 Å². The summed E-state index contributed by atoms with van der Waals surface area (Å²) in [4.78, 5) is 36.2. The van der Waals surface area contributed by atoms with Gasteiger partial charge in [0, 0.05) is 19.1 Å². The van der Waals surface area contributed by atoms with Crippen molar-refractivity contribution in [3.05, 3.63) is 59.7 Å². The largest absolute Gasteiger partial charge is 0.508 e. The van der Waals surface area contributed by atoms with Crippen molar-refractivity contribution in [3.63, 3.8) is 0 Å². The van der Waals surface area contributed by atoms with Crippen LogP contribution in [0.25, 0.3) is 0 Å². The molecule has 0 bridgehead atoms. The van der Waals surface area contributed by atoms with Gasteiger partial charge in [-0.25, -0.2) is 4.79 Å². The van der Waals surface area contributed by atoms with Crippen LogP contribution in [0, 0.1) is 5.92 Å². The lowest BCUT2D eigenvalue weighted by atomic mass is 9.87. The number of carbonyl (C=O) groups excluding carboxylic acids is 2. The molecular weight excluding hydrogens is 406 g/mol. The number of thioether (sulfide) groups is 1. The van der Waals surface area contributed by atoms with Crippen LogP contribution in [0.2, 0.25) is 0 Å². The topological polar surface area (TPSA) is 124 Å². The molecule has 2 rings (SSSR count). The minimum absolute atomic E-state index is 0.0571. The Kier molecular flexibility index (Phi) is 8.29. The number of phenolic OH excluding ortho intramolecular Hbond substituents is 2. The maximum Gasteiger partial charge on any atom is 0.326 e. The lowest BCUT2D eigenvalue weighted by molar-refractivity contribution is -0.142. The van der Waals surface area contributed by atoms with Gasteiger partial charge in [0.25, 0.3) is 0 Å². The average molecular weight is 432 g/mol. The Morgan fingerprint density at radius 3 is 2.00 bits per heavy atom. The van der Waals surface area contributed by atoms with E-state index in [-0.39, 0.29) is 34.7 Å². The van der Waals surface area contributed by atoms with Crippen molar-refractivity contribution in [2.75, 3.05) is 5.75 Å². The van der Waals surface area contributed by atoms with Crippen LogP contribution >= 0.6 is 11.8 Å². The molecule has 0 saturated heterocycles. The SMILES string of the molecule is CC(=O)SCC(C(=O)NC(Cc1ccc(O)cc1)C(=O)O)C(C)c1ccc(O)cc1. The number of carboxylic acids is 1. The van der Waals surface area contributed by atoms with Gasteiger partial charge in [-0.15, -0.1) is 0 Å². The Labute approximate surface area is 179 Å². The van der Waals surface area contributed by atoms with Crippen LogP contribution < -0.4 is 5.32 Å². The Balaban J connectivity index is 2.19. The predicted molar refractivity (Wildman–Crippen MR) is 115 cm³/mol. The summed E-state index contributed by atoms with van der Waals surface area (Å²) in [5.74, 6) is -2.22. The first-order valence-electron chi connectivity index (χ1n) is 9.40. The van der Waals surface area contributed by atoms with E-state index in [9.17, 15) is 29.7 Å². The van der Waals surface area contributed by atoms with E-state index in [1.54, 1.807) is 24.3 Å². The normalized spacial score (nSPS) is 13.8. The molecule has 3 atom stereocenters. The first-order chi connectivity index (χ1) is 14.2. The van der Waals surface area contributed by atoms with Crippen LogP contribution in [0.3, 0.4) is 0 Å². The highest BCUT2D eigenvalue weighted by atomic mass is 32.2. The number of amides is 1. The molecule has 0 fully saturated rings. The highest BCUT2D eigenvalue weighted by Crippen LogP contribution is 2.29. The molecule has 1 amide bonds. The van der Waals surface area contributed by atoms with Gasteiger partial charge >= 0.3 is 5.97 Å². The van der Waals surface area contributed by atoms with Crippen molar-refractivity contribution in [1.82, 2.24) is 5.32 Å². The van der Waals surface area contributed by atoms with Crippen molar-refractivity contribution in [2.24, 2.45) is 5.92 Å². The quantitative estimate of drug-likeness (QED) is 0.481. The Bertz CT molecular complexity index is 882. The molecule has 7 nitrogen and oxygen atoms in total. The number of phenols is 2. The van der Waals surface area contributed by atoms with Gasteiger partial charge in [0.1, 0.15) is 17.5 Å². The summed E-state index contributed by atoms with van der Waals surface area (Å²) in [6, 6.07) is 11.4. The fraction of sp³-hybridized carbons (Fsp3) is 0.318. The fourth-order valence-corrected chi connectivity index (χ4v) is 3.87. The first-order valence-corrected chi connectivity index (χ1v) is 10.4. The Hall–Kier alpha value is -3.00. The van der Waals surface area contributed by atoms with Gasteiger partial charge in [0.15, 0.2) is 5.12 Å². The molecule has 0 saturated carbocycles. The number of carboxylic acid groups (broad SMARTS) is 1. The predicted octanol–water partition coefficient (Wildman–Crippen LogP) is 2.91. The lowest BCUT2D eigenvalue weighted by Crippen LogP contribution is -2.46. The second-order valence-electron chi connectivity index (χ2n) is 7.06. The smallest absolute Gasteiger partial charge is 0.326 e. The highest BCUT2D eigenvalue weighted by Gasteiger charge is 2.30. The molecular formula is C22H25NO6S. The molecule has 2 aromatic rings. The van der Waals surface area contributed by atoms with Crippen LogP contribution in [0.5, 0.6) is 11.5 Å². The summed E-state index contributed by atoms with van der Waals surface area (Å²) in [5, 5.41) is 30.9. The molecule has 160 valence electrons. The van der Waals surface area contributed by atoms with Crippen LogP contribution in [0.1, 0.15) is 30.9 Å². The molecule has 3 unspecified atom stereocenters. The monoisotopic (exact) mass is 431 g/mol. The molecule has 0 heterocycles. The molecule has 0 aliphatic carbocycles. The molecule has 2 aromatic carbocycles. The second kappa shape index (κ2) is 10.7. The number of aromatic hydroxyl groups is 2. The standard InChI is InChI=1S/C22H25NO6S/c1-13(16-5-9-18(26)10-6-16)19(12-30-14(2)24)21(27)23-20(22(28)29)11-15-3-7-17(25)8-4-15/h3-10,13,19-20,25-26H,11-12H2,1-2H3,(H,23,27)(H,28,29).